The quantitative estimate of drug-likeness (QED) is 0.753. The van der Waals surface area contributed by atoms with Gasteiger partial charge >= 0.3 is 0 Å². The van der Waals surface area contributed by atoms with Gasteiger partial charge in [-0.15, -0.1) is 6.42 Å². The molecule has 1 aromatic carbocycles. The zero-order chi connectivity index (χ0) is 11.3. The Hall–Kier alpha value is -1.82. The monoisotopic (exact) mass is 220 g/mol. The van der Waals surface area contributed by atoms with Crippen LogP contribution in [0.5, 0.6) is 0 Å². The molecule has 5 heteroatoms. The van der Waals surface area contributed by atoms with E-state index < -0.39 is 10.0 Å². The van der Waals surface area contributed by atoms with Crippen LogP contribution in [0, 0.1) is 23.7 Å². The molecule has 0 atom stereocenters. The number of hydrogen-bond acceptors (Lipinski definition) is 3. The van der Waals surface area contributed by atoms with Crippen LogP contribution in [0.15, 0.2) is 29.2 Å². The first-order valence-electron chi connectivity index (χ1n) is 4.03. The van der Waals surface area contributed by atoms with Crippen LogP contribution in [0.3, 0.4) is 0 Å². The van der Waals surface area contributed by atoms with Crippen LogP contribution in [0.4, 0.5) is 0 Å². The lowest BCUT2D eigenvalue weighted by Crippen LogP contribution is -2.23. The van der Waals surface area contributed by atoms with E-state index in [-0.39, 0.29) is 11.4 Å². The Morgan fingerprint density at radius 2 is 2.20 bits per heavy atom. The number of nitrogens with zero attached hydrogens (tertiary/aromatic N) is 1. The highest BCUT2D eigenvalue weighted by Gasteiger charge is 2.12. The van der Waals surface area contributed by atoms with Crippen LogP contribution in [-0.2, 0) is 10.0 Å². The van der Waals surface area contributed by atoms with Gasteiger partial charge in [0.15, 0.2) is 0 Å². The van der Waals surface area contributed by atoms with Gasteiger partial charge in [0.1, 0.15) is 0 Å². The second kappa shape index (κ2) is 4.61. The highest BCUT2D eigenvalue weighted by Crippen LogP contribution is 2.10. The van der Waals surface area contributed by atoms with Crippen molar-refractivity contribution in [2.24, 2.45) is 0 Å². The molecule has 0 saturated carbocycles. The fourth-order valence-electron chi connectivity index (χ4n) is 0.953. The summed E-state index contributed by atoms with van der Waals surface area (Å²) < 4.78 is 25.3. The zero-order valence-electron chi connectivity index (χ0n) is 7.77. The molecule has 15 heavy (non-hydrogen) atoms. The molecule has 0 radical (unpaired) electrons. The van der Waals surface area contributed by atoms with E-state index in [2.05, 4.69) is 10.6 Å². The number of rotatable bonds is 3. The summed E-state index contributed by atoms with van der Waals surface area (Å²) >= 11 is 0. The topological polar surface area (TPSA) is 70.0 Å². The third-order valence-electron chi connectivity index (χ3n) is 1.64. The van der Waals surface area contributed by atoms with Gasteiger partial charge in [0.2, 0.25) is 10.0 Å². The van der Waals surface area contributed by atoms with Gasteiger partial charge in [-0.25, -0.2) is 8.42 Å². The molecule has 0 heterocycles. The molecule has 76 valence electrons. The first kappa shape index (κ1) is 11.3. The third-order valence-corrected chi connectivity index (χ3v) is 3.04. The van der Waals surface area contributed by atoms with Gasteiger partial charge in [0.25, 0.3) is 0 Å². The Morgan fingerprint density at radius 3 is 2.80 bits per heavy atom. The van der Waals surface area contributed by atoms with Gasteiger partial charge in [-0.1, -0.05) is 12.0 Å². The lowest BCUT2D eigenvalue weighted by molar-refractivity contribution is 0.586. The van der Waals surface area contributed by atoms with Crippen molar-refractivity contribution >= 4 is 10.0 Å². The van der Waals surface area contributed by atoms with Crippen molar-refractivity contribution in [1.29, 1.82) is 5.26 Å². The normalized spacial score (nSPS) is 10.3. The van der Waals surface area contributed by atoms with Gasteiger partial charge in [0, 0.05) is 0 Å². The number of sulfonamides is 1. The predicted octanol–water partition coefficient (Wildman–Crippen LogP) is 0.470. The molecule has 0 aliphatic carbocycles. The van der Waals surface area contributed by atoms with Crippen molar-refractivity contribution in [2.45, 2.75) is 4.90 Å². The lowest BCUT2D eigenvalue weighted by atomic mass is 10.2. The molecule has 1 rings (SSSR count). The minimum Gasteiger partial charge on any atom is -0.207 e. The van der Waals surface area contributed by atoms with Gasteiger partial charge < -0.3 is 0 Å². The van der Waals surface area contributed by atoms with Crippen LogP contribution in [0.1, 0.15) is 5.56 Å². The molecule has 1 N–H and O–H groups in total. The molecule has 0 spiro atoms. The maximum atomic E-state index is 11.5. The third kappa shape index (κ3) is 2.81. The van der Waals surface area contributed by atoms with Crippen molar-refractivity contribution < 1.29 is 8.42 Å². The fourth-order valence-corrected chi connectivity index (χ4v) is 1.93. The fraction of sp³-hybridized carbons (Fsp3) is 0.100. The summed E-state index contributed by atoms with van der Waals surface area (Å²) in [6, 6.07) is 7.59. The number of nitriles is 1. The first-order valence-corrected chi connectivity index (χ1v) is 5.52. The predicted molar refractivity (Wildman–Crippen MR) is 55.2 cm³/mol. The summed E-state index contributed by atoms with van der Waals surface area (Å²) in [4.78, 5) is 0.0387. The summed E-state index contributed by atoms with van der Waals surface area (Å²) in [6.07, 6.45) is 4.94. The molecule has 1 aromatic rings. The van der Waals surface area contributed by atoms with Gasteiger partial charge in [-0.2, -0.15) is 9.98 Å². The van der Waals surface area contributed by atoms with Crippen LogP contribution in [0.25, 0.3) is 0 Å². The van der Waals surface area contributed by atoms with Crippen molar-refractivity contribution in [1.82, 2.24) is 4.72 Å². The average molecular weight is 220 g/mol. The summed E-state index contributed by atoms with van der Waals surface area (Å²) in [5, 5.41) is 8.61. The molecule has 0 amide bonds. The molecule has 0 bridgehead atoms. The minimum atomic E-state index is -3.60. The SMILES string of the molecule is C#CCNS(=O)(=O)c1cccc(C#N)c1. The minimum absolute atomic E-state index is 0.0387. The van der Waals surface area contributed by atoms with E-state index in [1.165, 1.54) is 24.3 Å². The molecule has 0 unspecified atom stereocenters. The second-order valence-electron chi connectivity index (χ2n) is 2.67. The van der Waals surface area contributed by atoms with Crippen LogP contribution in [-0.4, -0.2) is 15.0 Å². The number of benzene rings is 1. The summed E-state index contributed by atoms with van der Waals surface area (Å²) in [5.41, 5.74) is 0.290. The molecule has 0 saturated heterocycles. The molecule has 0 fully saturated rings. The Kier molecular flexibility index (Phi) is 3.46. The second-order valence-corrected chi connectivity index (χ2v) is 4.44. The van der Waals surface area contributed by atoms with E-state index in [9.17, 15) is 8.42 Å². The van der Waals surface area contributed by atoms with Crippen molar-refractivity contribution in [3.05, 3.63) is 29.8 Å². The molecular weight excluding hydrogens is 212 g/mol. The Morgan fingerprint density at radius 1 is 1.47 bits per heavy atom. The largest absolute Gasteiger partial charge is 0.241 e. The molecule has 4 nitrogen and oxygen atoms in total. The Labute approximate surface area is 88.6 Å². The van der Waals surface area contributed by atoms with Gasteiger partial charge in [-0.05, 0) is 18.2 Å². The van der Waals surface area contributed by atoms with Crippen molar-refractivity contribution in [3.8, 4) is 18.4 Å². The standard InChI is InChI=1S/C10H8N2O2S/c1-2-6-12-15(13,14)10-5-3-4-9(7-10)8-11/h1,3-5,7,12H,6H2. The smallest absolute Gasteiger partial charge is 0.207 e. The Bertz CT molecular complexity index is 535. The van der Waals surface area contributed by atoms with Crippen LogP contribution >= 0.6 is 0 Å². The van der Waals surface area contributed by atoms with E-state index in [0.29, 0.717) is 5.56 Å². The number of terminal acetylenes is 1. The summed E-state index contributed by atoms with van der Waals surface area (Å²) in [7, 11) is -3.60. The maximum Gasteiger partial charge on any atom is 0.241 e. The van der Waals surface area contributed by atoms with E-state index in [0.717, 1.165) is 0 Å². The number of nitrogens with one attached hydrogen (secondary N) is 1. The zero-order valence-corrected chi connectivity index (χ0v) is 8.58. The van der Waals surface area contributed by atoms with E-state index >= 15 is 0 Å². The van der Waals surface area contributed by atoms with Gasteiger partial charge in [-0.3, -0.25) is 0 Å². The molecule has 0 aliphatic rings. The van der Waals surface area contributed by atoms with Crippen molar-refractivity contribution in [2.75, 3.05) is 6.54 Å². The molecule has 0 aliphatic heterocycles. The maximum absolute atomic E-state index is 11.5. The van der Waals surface area contributed by atoms with Crippen LogP contribution < -0.4 is 4.72 Å². The van der Waals surface area contributed by atoms with E-state index in [1.54, 1.807) is 0 Å². The highest BCUT2D eigenvalue weighted by atomic mass is 32.2. The molecular formula is C10H8N2O2S. The molecule has 0 aromatic heterocycles. The summed E-state index contributed by atoms with van der Waals surface area (Å²) in [6.45, 7) is -0.0703. The number of hydrogen-bond donors (Lipinski definition) is 1. The first-order chi connectivity index (χ1) is 7.10. The average Bonchev–Trinajstić information content (AvgIpc) is 2.26. The van der Waals surface area contributed by atoms with Gasteiger partial charge in [0.05, 0.1) is 23.1 Å². The van der Waals surface area contributed by atoms with Crippen LogP contribution in [0.2, 0.25) is 0 Å². The Balaban J connectivity index is 3.07. The van der Waals surface area contributed by atoms with E-state index in [1.807, 2.05) is 6.07 Å². The van der Waals surface area contributed by atoms with Crippen molar-refractivity contribution in [3.63, 3.8) is 0 Å². The highest BCUT2D eigenvalue weighted by molar-refractivity contribution is 7.89. The lowest BCUT2D eigenvalue weighted by Gasteiger charge is -2.03. The summed E-state index contributed by atoms with van der Waals surface area (Å²) in [5.74, 6) is 2.17. The van der Waals surface area contributed by atoms with E-state index in [4.69, 9.17) is 11.7 Å².